The average Bonchev–Trinajstić information content (AvgIpc) is 2.27. The van der Waals surface area contributed by atoms with Crippen molar-refractivity contribution in [3.8, 4) is 0 Å². The molecule has 2 aromatic heterocycles. The summed E-state index contributed by atoms with van der Waals surface area (Å²) in [6.07, 6.45) is 1.67. The van der Waals surface area contributed by atoms with Crippen LogP contribution in [-0.2, 0) is 0 Å². The fraction of sp³-hybridized carbons (Fsp3) is 0. The number of hydrogen-bond acceptors (Lipinski definition) is 2. The Morgan fingerprint density at radius 2 is 2.27 bits per heavy atom. The highest BCUT2D eigenvalue weighted by Gasteiger charge is 2.01. The lowest BCUT2D eigenvalue weighted by atomic mass is 10.3. The maximum atomic E-state index is 5.61. The molecule has 0 aliphatic carbocycles. The van der Waals surface area contributed by atoms with E-state index in [0.29, 0.717) is 10.9 Å². The van der Waals surface area contributed by atoms with Gasteiger partial charge in [-0.05, 0) is 33.6 Å². The molecule has 56 valence electrons. The smallest absolute Gasteiger partial charge is 0.228 e. The highest BCUT2D eigenvalue weighted by molar-refractivity contribution is 9.10. The zero-order valence-electron chi connectivity index (χ0n) is 5.34. The van der Waals surface area contributed by atoms with Gasteiger partial charge in [0.05, 0.1) is 0 Å². The molecule has 0 bridgehead atoms. The molecule has 0 radical (unpaired) electrons. The molecule has 2 nitrogen and oxygen atoms in total. The Labute approximate surface area is 76.3 Å². The molecule has 0 aromatic carbocycles. The number of hydrogen-bond donors (Lipinski definition) is 0. The summed E-state index contributed by atoms with van der Waals surface area (Å²) in [6.45, 7) is 0. The minimum atomic E-state index is 0.366. The Morgan fingerprint density at radius 3 is 3.09 bits per heavy atom. The predicted octanol–water partition coefficient (Wildman–Crippen LogP) is 3.24. The molecular weight excluding hydrogens is 229 g/mol. The summed E-state index contributed by atoms with van der Waals surface area (Å²) >= 11 is 8.91. The van der Waals surface area contributed by atoms with Gasteiger partial charge in [-0.15, -0.1) is 0 Å². The molecule has 0 N–H and O–H groups in total. The van der Waals surface area contributed by atoms with Gasteiger partial charge in [0, 0.05) is 22.1 Å². The number of fused-ring (bicyclic) bond motifs is 1. The van der Waals surface area contributed by atoms with E-state index >= 15 is 0 Å². The Kier molecular flexibility index (Phi) is 1.62. The van der Waals surface area contributed by atoms with Gasteiger partial charge >= 0.3 is 0 Å². The first kappa shape index (κ1) is 7.13. The number of furan rings is 1. The maximum absolute atomic E-state index is 5.61. The molecule has 4 heteroatoms. The molecule has 0 saturated carbocycles. The maximum Gasteiger partial charge on any atom is 0.228 e. The van der Waals surface area contributed by atoms with Gasteiger partial charge in [-0.2, -0.15) is 0 Å². The molecule has 0 aliphatic rings. The first-order valence-electron chi connectivity index (χ1n) is 2.96. The van der Waals surface area contributed by atoms with Crippen molar-refractivity contribution >= 4 is 38.6 Å². The minimum Gasteiger partial charge on any atom is -0.426 e. The molecule has 2 aromatic rings. The molecule has 0 spiro atoms. The standard InChI is InChI=1S/C7H3BrClNO/c8-5-1-4-2-6(9)11-7(4)10-3-5/h1-3H. The van der Waals surface area contributed by atoms with Gasteiger partial charge in [-0.1, -0.05) is 0 Å². The molecule has 0 fully saturated rings. The SMILES string of the molecule is Clc1cc2cc(Br)cnc2o1. The van der Waals surface area contributed by atoms with Gasteiger partial charge in [0.15, 0.2) is 5.22 Å². The summed E-state index contributed by atoms with van der Waals surface area (Å²) in [7, 11) is 0. The quantitative estimate of drug-likeness (QED) is 0.697. The van der Waals surface area contributed by atoms with Crippen molar-refractivity contribution in [3.05, 3.63) is 28.0 Å². The van der Waals surface area contributed by atoms with Crippen molar-refractivity contribution in [1.29, 1.82) is 0 Å². The second-order valence-corrected chi connectivity index (χ2v) is 3.39. The highest BCUT2D eigenvalue weighted by Crippen LogP contribution is 2.23. The zero-order valence-corrected chi connectivity index (χ0v) is 7.69. The Balaban J connectivity index is 2.82. The zero-order chi connectivity index (χ0) is 7.84. The van der Waals surface area contributed by atoms with Crippen LogP contribution in [0.1, 0.15) is 0 Å². The van der Waals surface area contributed by atoms with Crippen molar-refractivity contribution in [1.82, 2.24) is 4.98 Å². The van der Waals surface area contributed by atoms with Crippen molar-refractivity contribution in [3.63, 3.8) is 0 Å². The molecule has 11 heavy (non-hydrogen) atoms. The third-order valence-corrected chi connectivity index (χ3v) is 1.93. The van der Waals surface area contributed by atoms with E-state index in [1.807, 2.05) is 6.07 Å². The van der Waals surface area contributed by atoms with E-state index in [1.54, 1.807) is 12.3 Å². The number of aromatic nitrogens is 1. The molecule has 0 unspecified atom stereocenters. The van der Waals surface area contributed by atoms with E-state index in [4.69, 9.17) is 16.0 Å². The van der Waals surface area contributed by atoms with E-state index in [2.05, 4.69) is 20.9 Å². The predicted molar refractivity (Wildman–Crippen MR) is 46.7 cm³/mol. The number of nitrogens with zero attached hydrogens (tertiary/aromatic N) is 1. The van der Waals surface area contributed by atoms with Gasteiger partial charge in [-0.25, -0.2) is 4.98 Å². The normalized spacial score (nSPS) is 10.7. The second kappa shape index (κ2) is 2.50. The first-order valence-corrected chi connectivity index (χ1v) is 4.13. The highest BCUT2D eigenvalue weighted by atomic mass is 79.9. The minimum absolute atomic E-state index is 0.366. The van der Waals surface area contributed by atoms with Crippen LogP contribution in [0.3, 0.4) is 0 Å². The molecule has 0 atom stereocenters. The van der Waals surface area contributed by atoms with E-state index in [-0.39, 0.29) is 0 Å². The van der Waals surface area contributed by atoms with E-state index in [0.717, 1.165) is 9.86 Å². The Morgan fingerprint density at radius 1 is 1.45 bits per heavy atom. The molecule has 0 aliphatic heterocycles. The van der Waals surface area contributed by atoms with Crippen LogP contribution in [0.15, 0.2) is 27.2 Å². The van der Waals surface area contributed by atoms with Gasteiger partial charge in [0.1, 0.15) is 0 Å². The summed E-state index contributed by atoms with van der Waals surface area (Å²) in [5, 5.41) is 1.27. The summed E-state index contributed by atoms with van der Waals surface area (Å²) in [6, 6.07) is 3.63. The second-order valence-electron chi connectivity index (χ2n) is 2.10. The van der Waals surface area contributed by atoms with Crippen LogP contribution >= 0.6 is 27.5 Å². The lowest BCUT2D eigenvalue weighted by molar-refractivity contribution is 0.605. The number of rotatable bonds is 0. The van der Waals surface area contributed by atoms with Crippen molar-refractivity contribution in [2.24, 2.45) is 0 Å². The molecular formula is C7H3BrClNO. The van der Waals surface area contributed by atoms with E-state index < -0.39 is 0 Å². The summed E-state index contributed by atoms with van der Waals surface area (Å²) in [4.78, 5) is 4.00. The van der Waals surface area contributed by atoms with Crippen LogP contribution in [0.4, 0.5) is 0 Å². The van der Waals surface area contributed by atoms with Crippen molar-refractivity contribution in [2.45, 2.75) is 0 Å². The lowest BCUT2D eigenvalue weighted by Crippen LogP contribution is -1.70. The van der Waals surface area contributed by atoms with Crippen LogP contribution in [0, 0.1) is 0 Å². The molecule has 0 amide bonds. The average molecular weight is 232 g/mol. The van der Waals surface area contributed by atoms with Gasteiger partial charge < -0.3 is 4.42 Å². The van der Waals surface area contributed by atoms with Crippen LogP contribution in [0.25, 0.3) is 11.1 Å². The third kappa shape index (κ3) is 1.26. The molecule has 2 heterocycles. The third-order valence-electron chi connectivity index (χ3n) is 1.31. The van der Waals surface area contributed by atoms with Gasteiger partial charge in [0.2, 0.25) is 5.71 Å². The first-order chi connectivity index (χ1) is 5.25. The summed E-state index contributed by atoms with van der Waals surface area (Å²) in [5.41, 5.74) is 0.568. The molecule has 2 rings (SSSR count). The Hall–Kier alpha value is -0.540. The van der Waals surface area contributed by atoms with Crippen molar-refractivity contribution < 1.29 is 4.42 Å². The van der Waals surface area contributed by atoms with Crippen LogP contribution in [0.5, 0.6) is 0 Å². The van der Waals surface area contributed by atoms with Gasteiger partial charge in [-0.3, -0.25) is 0 Å². The molecule has 0 saturated heterocycles. The van der Waals surface area contributed by atoms with Crippen LogP contribution in [0.2, 0.25) is 5.22 Å². The fourth-order valence-corrected chi connectivity index (χ4v) is 1.41. The topological polar surface area (TPSA) is 26.0 Å². The van der Waals surface area contributed by atoms with Gasteiger partial charge in [0.25, 0.3) is 0 Å². The monoisotopic (exact) mass is 231 g/mol. The Bertz CT molecular complexity index is 398. The number of halogens is 2. The van der Waals surface area contributed by atoms with Crippen molar-refractivity contribution in [2.75, 3.05) is 0 Å². The van der Waals surface area contributed by atoms with Crippen LogP contribution < -0.4 is 0 Å². The van der Waals surface area contributed by atoms with E-state index in [9.17, 15) is 0 Å². The van der Waals surface area contributed by atoms with Crippen LogP contribution in [-0.4, -0.2) is 4.98 Å². The summed E-state index contributed by atoms with van der Waals surface area (Å²) in [5.74, 6) is 0. The lowest BCUT2D eigenvalue weighted by Gasteiger charge is -1.86. The fourth-order valence-electron chi connectivity index (χ4n) is 0.875. The largest absolute Gasteiger partial charge is 0.426 e. The van der Waals surface area contributed by atoms with E-state index in [1.165, 1.54) is 0 Å². The number of pyridine rings is 1. The summed E-state index contributed by atoms with van der Waals surface area (Å²) < 4.78 is 5.98.